The van der Waals surface area contributed by atoms with Crippen LogP contribution in [0, 0.1) is 0 Å². The predicted molar refractivity (Wildman–Crippen MR) is 64.9 cm³/mol. The normalized spacial score (nSPS) is 12.4. The molecular formula is C12H16N4O. The van der Waals surface area contributed by atoms with Crippen molar-refractivity contribution in [2.24, 2.45) is 0 Å². The summed E-state index contributed by atoms with van der Waals surface area (Å²) in [6, 6.07) is 1.97. The van der Waals surface area contributed by atoms with Gasteiger partial charge >= 0.3 is 0 Å². The van der Waals surface area contributed by atoms with E-state index in [1.54, 1.807) is 18.6 Å². The Hall–Kier alpha value is -1.88. The first-order valence-corrected chi connectivity index (χ1v) is 5.59. The molecule has 90 valence electrons. The van der Waals surface area contributed by atoms with Crippen molar-refractivity contribution in [1.82, 2.24) is 20.3 Å². The second-order valence-corrected chi connectivity index (χ2v) is 3.58. The molecule has 0 saturated heterocycles. The first-order valence-electron chi connectivity index (χ1n) is 5.59. The Kier molecular flexibility index (Phi) is 3.72. The van der Waals surface area contributed by atoms with E-state index in [1.165, 1.54) is 0 Å². The second kappa shape index (κ2) is 5.45. The molecule has 2 rings (SSSR count). The van der Waals surface area contributed by atoms with Gasteiger partial charge in [0.05, 0.1) is 18.8 Å². The number of aromatic amines is 1. The monoisotopic (exact) mass is 232 g/mol. The third-order valence-corrected chi connectivity index (χ3v) is 2.46. The molecule has 2 aromatic rings. The van der Waals surface area contributed by atoms with Crippen molar-refractivity contribution in [1.29, 1.82) is 0 Å². The van der Waals surface area contributed by atoms with Crippen LogP contribution in [0.3, 0.4) is 0 Å². The van der Waals surface area contributed by atoms with E-state index in [2.05, 4.69) is 20.3 Å². The van der Waals surface area contributed by atoms with Gasteiger partial charge in [0.15, 0.2) is 0 Å². The van der Waals surface area contributed by atoms with Gasteiger partial charge in [0, 0.05) is 18.6 Å². The molecule has 0 fully saturated rings. The topological polar surface area (TPSA) is 62.8 Å². The van der Waals surface area contributed by atoms with Gasteiger partial charge in [-0.25, -0.2) is 4.98 Å². The van der Waals surface area contributed by atoms with Crippen molar-refractivity contribution in [2.75, 3.05) is 13.7 Å². The quantitative estimate of drug-likeness (QED) is 0.820. The van der Waals surface area contributed by atoms with Crippen molar-refractivity contribution < 1.29 is 4.74 Å². The number of H-pyrrole nitrogens is 1. The van der Waals surface area contributed by atoms with E-state index in [0.717, 1.165) is 17.1 Å². The van der Waals surface area contributed by atoms with Gasteiger partial charge in [-0.3, -0.25) is 4.98 Å². The highest BCUT2D eigenvalue weighted by Crippen LogP contribution is 2.21. The summed E-state index contributed by atoms with van der Waals surface area (Å²) in [6.45, 7) is 2.59. The molecule has 1 atom stereocenters. The average molecular weight is 232 g/mol. The summed E-state index contributed by atoms with van der Waals surface area (Å²) in [5.41, 5.74) is 1.02. The van der Waals surface area contributed by atoms with E-state index in [-0.39, 0.29) is 6.04 Å². The van der Waals surface area contributed by atoms with Crippen LogP contribution in [-0.4, -0.2) is 28.6 Å². The molecule has 2 heterocycles. The Morgan fingerprint density at radius 2 is 2.35 bits per heavy atom. The molecule has 0 bridgehead atoms. The highest BCUT2D eigenvalue weighted by atomic mass is 16.5. The first-order chi connectivity index (χ1) is 8.35. The molecule has 2 N–H and O–H groups in total. The van der Waals surface area contributed by atoms with E-state index >= 15 is 0 Å². The molecule has 0 aromatic carbocycles. The van der Waals surface area contributed by atoms with Crippen LogP contribution in [0.4, 0.5) is 0 Å². The van der Waals surface area contributed by atoms with E-state index < -0.39 is 0 Å². The largest absolute Gasteiger partial charge is 0.492 e. The van der Waals surface area contributed by atoms with Gasteiger partial charge in [-0.05, 0) is 25.6 Å². The molecule has 0 aliphatic carbocycles. The van der Waals surface area contributed by atoms with Gasteiger partial charge in [-0.2, -0.15) is 0 Å². The zero-order valence-corrected chi connectivity index (χ0v) is 9.97. The highest BCUT2D eigenvalue weighted by molar-refractivity contribution is 5.29. The van der Waals surface area contributed by atoms with Crippen LogP contribution in [0.25, 0.3) is 0 Å². The molecule has 5 heteroatoms. The zero-order valence-electron chi connectivity index (χ0n) is 9.97. The molecule has 0 radical (unpaired) electrons. The lowest BCUT2D eigenvalue weighted by molar-refractivity contribution is 0.338. The highest BCUT2D eigenvalue weighted by Gasteiger charge is 2.15. The molecule has 1 unspecified atom stereocenters. The Balaban J connectivity index is 2.28. The number of aromatic nitrogens is 3. The van der Waals surface area contributed by atoms with E-state index in [9.17, 15) is 0 Å². The zero-order chi connectivity index (χ0) is 12.1. The van der Waals surface area contributed by atoms with Crippen LogP contribution in [0.15, 0.2) is 30.9 Å². The van der Waals surface area contributed by atoms with Gasteiger partial charge in [0.25, 0.3) is 0 Å². The van der Waals surface area contributed by atoms with E-state index in [1.807, 2.05) is 26.2 Å². The van der Waals surface area contributed by atoms with Gasteiger partial charge < -0.3 is 15.0 Å². The second-order valence-electron chi connectivity index (χ2n) is 3.58. The summed E-state index contributed by atoms with van der Waals surface area (Å²) in [4.78, 5) is 11.5. The van der Waals surface area contributed by atoms with Crippen molar-refractivity contribution in [3.8, 4) is 5.75 Å². The Morgan fingerprint density at radius 1 is 1.47 bits per heavy atom. The maximum absolute atomic E-state index is 5.44. The van der Waals surface area contributed by atoms with E-state index in [0.29, 0.717) is 6.61 Å². The summed E-state index contributed by atoms with van der Waals surface area (Å²) in [5.74, 6) is 1.64. The SMILES string of the molecule is CCOc1cncc(C(NC)c2ncc[nH]2)c1. The number of hydrogen-bond acceptors (Lipinski definition) is 4. The minimum Gasteiger partial charge on any atom is -0.492 e. The fourth-order valence-corrected chi connectivity index (χ4v) is 1.74. The van der Waals surface area contributed by atoms with Crippen molar-refractivity contribution in [2.45, 2.75) is 13.0 Å². The van der Waals surface area contributed by atoms with Gasteiger partial charge in [0.1, 0.15) is 11.6 Å². The summed E-state index contributed by atoms with van der Waals surface area (Å²) in [7, 11) is 1.89. The number of nitrogens with zero attached hydrogens (tertiary/aromatic N) is 2. The fraction of sp³-hybridized carbons (Fsp3) is 0.333. The number of rotatable bonds is 5. The van der Waals surface area contributed by atoms with Crippen molar-refractivity contribution in [3.05, 3.63) is 42.2 Å². The molecule has 0 spiro atoms. The van der Waals surface area contributed by atoms with Crippen molar-refractivity contribution in [3.63, 3.8) is 0 Å². The lowest BCUT2D eigenvalue weighted by Gasteiger charge is -2.14. The Morgan fingerprint density at radius 3 is 3.00 bits per heavy atom. The third-order valence-electron chi connectivity index (χ3n) is 2.46. The van der Waals surface area contributed by atoms with Crippen LogP contribution >= 0.6 is 0 Å². The number of pyridine rings is 1. The minimum atomic E-state index is -0.00194. The lowest BCUT2D eigenvalue weighted by atomic mass is 10.1. The minimum absolute atomic E-state index is 0.00194. The summed E-state index contributed by atoms with van der Waals surface area (Å²) < 4.78 is 5.44. The van der Waals surface area contributed by atoms with E-state index in [4.69, 9.17) is 4.74 Å². The number of nitrogens with one attached hydrogen (secondary N) is 2. The lowest BCUT2D eigenvalue weighted by Crippen LogP contribution is -2.19. The number of hydrogen-bond donors (Lipinski definition) is 2. The van der Waals surface area contributed by atoms with Crippen LogP contribution in [0.5, 0.6) is 5.75 Å². The van der Waals surface area contributed by atoms with Gasteiger partial charge in [-0.15, -0.1) is 0 Å². The molecular weight excluding hydrogens is 216 g/mol. The third kappa shape index (κ3) is 2.62. The van der Waals surface area contributed by atoms with Crippen molar-refractivity contribution >= 4 is 0 Å². The Labute approximate surface area is 100 Å². The van der Waals surface area contributed by atoms with Crippen LogP contribution < -0.4 is 10.1 Å². The molecule has 2 aromatic heterocycles. The maximum Gasteiger partial charge on any atom is 0.137 e. The van der Waals surface area contributed by atoms with Gasteiger partial charge in [0.2, 0.25) is 0 Å². The number of ether oxygens (including phenoxy) is 1. The summed E-state index contributed by atoms with van der Waals surface area (Å²) in [5, 5.41) is 3.20. The molecule has 0 aliphatic rings. The standard InChI is InChI=1S/C12H16N4O/c1-3-17-10-6-9(7-14-8-10)11(13-2)12-15-4-5-16-12/h4-8,11,13H,3H2,1-2H3,(H,15,16). The molecule has 5 nitrogen and oxygen atoms in total. The average Bonchev–Trinajstić information content (AvgIpc) is 2.85. The van der Waals surface area contributed by atoms with Crippen LogP contribution in [-0.2, 0) is 0 Å². The summed E-state index contributed by atoms with van der Waals surface area (Å²) in [6.07, 6.45) is 7.06. The molecule has 0 aliphatic heterocycles. The molecule has 0 amide bonds. The molecule has 17 heavy (non-hydrogen) atoms. The molecule has 0 saturated carbocycles. The summed E-state index contributed by atoms with van der Waals surface area (Å²) >= 11 is 0. The van der Waals surface area contributed by atoms with Crippen LogP contribution in [0.2, 0.25) is 0 Å². The fourth-order valence-electron chi connectivity index (χ4n) is 1.74. The predicted octanol–water partition coefficient (Wildman–Crippen LogP) is 1.51. The maximum atomic E-state index is 5.44. The van der Waals surface area contributed by atoms with Crippen LogP contribution in [0.1, 0.15) is 24.4 Å². The van der Waals surface area contributed by atoms with Gasteiger partial charge in [-0.1, -0.05) is 0 Å². The number of imidazole rings is 1. The Bertz CT molecular complexity index is 455. The first kappa shape index (κ1) is 11.6. The smallest absolute Gasteiger partial charge is 0.137 e.